The zero-order chi connectivity index (χ0) is 13.7. The van der Waals surface area contributed by atoms with E-state index in [1.54, 1.807) is 0 Å². The molecule has 1 fully saturated rings. The zero-order valence-corrected chi connectivity index (χ0v) is 11.0. The number of piperazine rings is 1. The smallest absolute Gasteiger partial charge is 0.234 e. The Morgan fingerprint density at radius 1 is 1.37 bits per heavy atom. The number of aliphatic hydroxyl groups is 1. The number of nitrogens with two attached hydrogens (primary N) is 1. The molecule has 2 unspecified atom stereocenters. The van der Waals surface area contributed by atoms with Crippen molar-refractivity contribution in [3.8, 4) is 0 Å². The van der Waals surface area contributed by atoms with Gasteiger partial charge in [-0.3, -0.25) is 9.69 Å². The lowest BCUT2D eigenvalue weighted by Crippen LogP contribution is -2.52. The van der Waals surface area contributed by atoms with Gasteiger partial charge in [0.25, 0.3) is 0 Å². The second kappa shape index (κ2) is 6.65. The predicted octanol–water partition coefficient (Wildman–Crippen LogP) is -0.651. The van der Waals surface area contributed by atoms with Crippen LogP contribution in [0.15, 0.2) is 30.3 Å². The van der Waals surface area contributed by atoms with Crippen LogP contribution in [0.1, 0.15) is 5.56 Å². The average molecular weight is 263 g/mol. The molecule has 1 saturated heterocycles. The summed E-state index contributed by atoms with van der Waals surface area (Å²) in [5, 5.41) is 12.9. The third-order valence-corrected chi connectivity index (χ3v) is 3.37. The minimum Gasteiger partial charge on any atom is -0.390 e. The summed E-state index contributed by atoms with van der Waals surface area (Å²) in [6, 6.07) is 9.57. The van der Waals surface area contributed by atoms with Crippen molar-refractivity contribution in [1.82, 2.24) is 10.2 Å². The summed E-state index contributed by atoms with van der Waals surface area (Å²) < 4.78 is 0. The van der Waals surface area contributed by atoms with E-state index in [-0.39, 0.29) is 11.9 Å². The van der Waals surface area contributed by atoms with Crippen LogP contribution in [0.3, 0.4) is 0 Å². The van der Waals surface area contributed by atoms with Crippen molar-refractivity contribution < 1.29 is 9.90 Å². The fourth-order valence-corrected chi connectivity index (χ4v) is 2.27. The van der Waals surface area contributed by atoms with Crippen LogP contribution in [-0.4, -0.2) is 54.2 Å². The van der Waals surface area contributed by atoms with Gasteiger partial charge in [0.2, 0.25) is 5.91 Å². The molecule has 4 N–H and O–H groups in total. The number of hydrogen-bond donors (Lipinski definition) is 3. The molecule has 0 bridgehead atoms. The van der Waals surface area contributed by atoms with Gasteiger partial charge in [-0.25, -0.2) is 0 Å². The third-order valence-electron chi connectivity index (χ3n) is 3.37. The van der Waals surface area contributed by atoms with Crippen molar-refractivity contribution in [2.75, 3.05) is 26.2 Å². The standard InChI is InChI=1S/C14H21N3O2/c15-12(8-11-4-2-1-3-5-11)13(18)9-17-7-6-16-14(19)10-17/h1-5,12-13,18H,6-10,15H2,(H,16,19). The number of hydrogen-bond acceptors (Lipinski definition) is 4. The van der Waals surface area contributed by atoms with Crippen molar-refractivity contribution in [3.05, 3.63) is 35.9 Å². The highest BCUT2D eigenvalue weighted by Gasteiger charge is 2.22. The maximum Gasteiger partial charge on any atom is 0.234 e. The molecule has 0 aliphatic carbocycles. The second-order valence-electron chi connectivity index (χ2n) is 5.01. The second-order valence-corrected chi connectivity index (χ2v) is 5.01. The van der Waals surface area contributed by atoms with Gasteiger partial charge in [-0.05, 0) is 12.0 Å². The number of carbonyl (C=O) groups is 1. The van der Waals surface area contributed by atoms with E-state index in [1.807, 2.05) is 35.2 Å². The highest BCUT2D eigenvalue weighted by molar-refractivity contribution is 5.78. The Kier molecular flexibility index (Phi) is 4.90. The highest BCUT2D eigenvalue weighted by atomic mass is 16.3. The summed E-state index contributed by atoms with van der Waals surface area (Å²) in [6.07, 6.45) is 0.0216. The zero-order valence-electron chi connectivity index (χ0n) is 11.0. The van der Waals surface area contributed by atoms with E-state index in [9.17, 15) is 9.90 Å². The molecule has 104 valence electrons. The summed E-state index contributed by atoms with van der Waals surface area (Å²) in [7, 11) is 0. The van der Waals surface area contributed by atoms with Crippen molar-refractivity contribution in [1.29, 1.82) is 0 Å². The molecule has 2 rings (SSSR count). The van der Waals surface area contributed by atoms with Crippen molar-refractivity contribution in [2.24, 2.45) is 5.73 Å². The van der Waals surface area contributed by atoms with Crippen LogP contribution in [0.5, 0.6) is 0 Å². The van der Waals surface area contributed by atoms with Gasteiger partial charge in [-0.1, -0.05) is 30.3 Å². The molecule has 0 saturated carbocycles. The summed E-state index contributed by atoms with van der Waals surface area (Å²) in [5.74, 6) is 0.00933. The maximum absolute atomic E-state index is 11.3. The van der Waals surface area contributed by atoms with Crippen LogP contribution in [0, 0.1) is 0 Å². The molecule has 5 heteroatoms. The lowest BCUT2D eigenvalue weighted by molar-refractivity contribution is -0.124. The molecule has 2 atom stereocenters. The first-order valence-corrected chi connectivity index (χ1v) is 6.62. The molecule has 1 aliphatic heterocycles. The monoisotopic (exact) mass is 263 g/mol. The van der Waals surface area contributed by atoms with E-state index < -0.39 is 6.10 Å². The maximum atomic E-state index is 11.3. The third kappa shape index (κ3) is 4.31. The van der Waals surface area contributed by atoms with Gasteiger partial charge in [0.15, 0.2) is 0 Å². The normalized spacial score (nSPS) is 19.8. The Hall–Kier alpha value is -1.43. The van der Waals surface area contributed by atoms with Crippen LogP contribution in [0.25, 0.3) is 0 Å². The topological polar surface area (TPSA) is 78.6 Å². The highest BCUT2D eigenvalue weighted by Crippen LogP contribution is 2.06. The molecule has 1 aromatic rings. The number of carbonyl (C=O) groups excluding carboxylic acids is 1. The molecule has 1 aromatic carbocycles. The summed E-state index contributed by atoms with van der Waals surface area (Å²) >= 11 is 0. The van der Waals surface area contributed by atoms with E-state index in [1.165, 1.54) is 0 Å². The Morgan fingerprint density at radius 2 is 2.11 bits per heavy atom. The van der Waals surface area contributed by atoms with Crippen LogP contribution in [0.2, 0.25) is 0 Å². The first-order chi connectivity index (χ1) is 9.15. The van der Waals surface area contributed by atoms with Gasteiger partial charge in [0.05, 0.1) is 12.6 Å². The molecule has 0 aromatic heterocycles. The van der Waals surface area contributed by atoms with Crippen LogP contribution >= 0.6 is 0 Å². The lowest BCUT2D eigenvalue weighted by atomic mass is 10.0. The Morgan fingerprint density at radius 3 is 2.79 bits per heavy atom. The van der Waals surface area contributed by atoms with Gasteiger partial charge in [0.1, 0.15) is 0 Å². The molecular formula is C14H21N3O2. The summed E-state index contributed by atoms with van der Waals surface area (Å²) in [5.41, 5.74) is 7.14. The minimum atomic E-state index is -0.619. The largest absolute Gasteiger partial charge is 0.390 e. The van der Waals surface area contributed by atoms with E-state index >= 15 is 0 Å². The molecule has 5 nitrogen and oxygen atoms in total. The number of nitrogens with one attached hydrogen (secondary N) is 1. The first kappa shape index (κ1) is 14.0. The molecule has 0 radical (unpaired) electrons. The Balaban J connectivity index is 1.82. The number of benzene rings is 1. The van der Waals surface area contributed by atoms with E-state index in [0.717, 1.165) is 12.1 Å². The molecule has 1 amide bonds. The van der Waals surface area contributed by atoms with Crippen molar-refractivity contribution in [2.45, 2.75) is 18.6 Å². The molecule has 1 heterocycles. The van der Waals surface area contributed by atoms with Crippen molar-refractivity contribution in [3.63, 3.8) is 0 Å². The van der Waals surface area contributed by atoms with Crippen LogP contribution in [-0.2, 0) is 11.2 Å². The fourth-order valence-electron chi connectivity index (χ4n) is 2.27. The van der Waals surface area contributed by atoms with Crippen LogP contribution < -0.4 is 11.1 Å². The molecular weight excluding hydrogens is 242 g/mol. The Bertz CT molecular complexity index is 410. The lowest BCUT2D eigenvalue weighted by Gasteiger charge is -2.30. The van der Waals surface area contributed by atoms with Gasteiger partial charge >= 0.3 is 0 Å². The number of rotatable bonds is 5. The molecule has 19 heavy (non-hydrogen) atoms. The SMILES string of the molecule is NC(Cc1ccccc1)C(O)CN1CCNC(=O)C1. The number of β-amino-alcohol motifs (C(OH)–C–C–N with tert-alkyl or cyclic N) is 1. The number of aliphatic hydroxyl groups excluding tert-OH is 1. The van der Waals surface area contributed by atoms with Crippen LogP contribution in [0.4, 0.5) is 0 Å². The van der Waals surface area contributed by atoms with E-state index in [4.69, 9.17) is 5.73 Å². The van der Waals surface area contributed by atoms with Gasteiger partial charge in [-0.15, -0.1) is 0 Å². The quantitative estimate of drug-likeness (QED) is 0.659. The number of nitrogens with zero attached hydrogens (tertiary/aromatic N) is 1. The number of amides is 1. The summed E-state index contributed by atoms with van der Waals surface area (Å²) in [4.78, 5) is 13.2. The van der Waals surface area contributed by atoms with Gasteiger partial charge < -0.3 is 16.2 Å². The van der Waals surface area contributed by atoms with E-state index in [0.29, 0.717) is 26.1 Å². The molecule has 0 spiro atoms. The minimum absolute atomic E-state index is 0.00933. The van der Waals surface area contributed by atoms with Crippen molar-refractivity contribution >= 4 is 5.91 Å². The van der Waals surface area contributed by atoms with E-state index in [2.05, 4.69) is 5.32 Å². The molecule has 1 aliphatic rings. The average Bonchev–Trinajstić information content (AvgIpc) is 2.40. The summed E-state index contributed by atoms with van der Waals surface area (Å²) in [6.45, 7) is 2.19. The Labute approximate surface area is 113 Å². The van der Waals surface area contributed by atoms with Gasteiger partial charge in [-0.2, -0.15) is 0 Å². The fraction of sp³-hybridized carbons (Fsp3) is 0.500. The van der Waals surface area contributed by atoms with Gasteiger partial charge in [0, 0.05) is 25.7 Å². The first-order valence-electron chi connectivity index (χ1n) is 6.62. The predicted molar refractivity (Wildman–Crippen MR) is 73.6 cm³/mol.